The number of hydrogen-bond donors (Lipinski definition) is 1. The molecule has 4 rings (SSSR count). The lowest BCUT2D eigenvalue weighted by atomic mass is 9.51. The molecule has 172 valence electrons. The summed E-state index contributed by atoms with van der Waals surface area (Å²) in [5.41, 5.74) is -0.235. The summed E-state index contributed by atoms with van der Waals surface area (Å²) < 4.78 is 13.3. The zero-order valence-electron chi connectivity index (χ0n) is 20.3. The third kappa shape index (κ3) is 3.80. The van der Waals surface area contributed by atoms with Gasteiger partial charge in [0, 0.05) is 17.6 Å². The van der Waals surface area contributed by atoms with Crippen molar-refractivity contribution in [2.75, 3.05) is 6.61 Å². The molecule has 4 fully saturated rings. The van der Waals surface area contributed by atoms with Gasteiger partial charge in [-0.3, -0.25) is 4.90 Å². The second-order valence-electron chi connectivity index (χ2n) is 11.8. The standard InChI is InChI=1S/C25H46BNO3/c1-6-7-8-9-12-19-17-22(26-29-23(2,3)24(4,5)30-26)21-13-10-11-15-25(21)16-14-20(18-28)27(19)25/h19-22,28H,6-18H2,1-5H3/t19-,20+,21-,22+,25+/m0/s1. The molecular formula is C25H46BNO3. The van der Waals surface area contributed by atoms with Crippen LogP contribution < -0.4 is 0 Å². The molecule has 0 aromatic rings. The van der Waals surface area contributed by atoms with Gasteiger partial charge in [0.2, 0.25) is 0 Å². The fraction of sp³-hybridized carbons (Fsp3) is 1.00. The van der Waals surface area contributed by atoms with E-state index in [1.807, 2.05) is 0 Å². The summed E-state index contributed by atoms with van der Waals surface area (Å²) in [6.07, 6.45) is 15.4. The topological polar surface area (TPSA) is 41.9 Å². The second-order valence-corrected chi connectivity index (χ2v) is 11.8. The summed E-state index contributed by atoms with van der Waals surface area (Å²) in [5.74, 6) is 1.13. The molecule has 4 aliphatic rings. The molecule has 0 bridgehead atoms. The summed E-state index contributed by atoms with van der Waals surface area (Å²) in [6.45, 7) is 11.4. The van der Waals surface area contributed by atoms with E-state index < -0.39 is 0 Å². The highest BCUT2D eigenvalue weighted by molar-refractivity contribution is 6.47. The number of piperidine rings is 1. The number of hydrogen-bond acceptors (Lipinski definition) is 4. The molecule has 3 saturated heterocycles. The maximum atomic E-state index is 10.2. The Morgan fingerprint density at radius 1 is 0.933 bits per heavy atom. The maximum absolute atomic E-state index is 10.2. The highest BCUT2D eigenvalue weighted by atomic mass is 16.7. The van der Waals surface area contributed by atoms with Crippen LogP contribution in [0, 0.1) is 5.92 Å². The summed E-state index contributed by atoms with van der Waals surface area (Å²) in [6, 6.07) is 0.931. The molecular weight excluding hydrogens is 373 g/mol. The highest BCUT2D eigenvalue weighted by Gasteiger charge is 2.64. The second kappa shape index (κ2) is 8.69. The van der Waals surface area contributed by atoms with Crippen molar-refractivity contribution in [3.63, 3.8) is 0 Å². The minimum absolute atomic E-state index is 0.0801. The monoisotopic (exact) mass is 419 g/mol. The number of aliphatic hydroxyl groups excluding tert-OH is 1. The molecule has 5 heteroatoms. The Morgan fingerprint density at radius 2 is 1.67 bits per heavy atom. The number of rotatable bonds is 7. The van der Waals surface area contributed by atoms with Crippen molar-refractivity contribution in [3.05, 3.63) is 0 Å². The number of aliphatic hydroxyl groups is 1. The molecule has 1 N–H and O–H groups in total. The molecule has 1 saturated carbocycles. The zero-order valence-corrected chi connectivity index (χ0v) is 20.3. The van der Waals surface area contributed by atoms with Crippen molar-refractivity contribution in [3.8, 4) is 0 Å². The van der Waals surface area contributed by atoms with E-state index in [1.165, 1.54) is 70.6 Å². The molecule has 5 atom stereocenters. The third-order valence-electron chi connectivity index (χ3n) is 9.56. The molecule has 0 aromatic carbocycles. The Balaban J connectivity index is 1.62. The van der Waals surface area contributed by atoms with Crippen LogP contribution in [0.25, 0.3) is 0 Å². The lowest BCUT2D eigenvalue weighted by Crippen LogP contribution is -2.64. The van der Waals surface area contributed by atoms with Crippen molar-refractivity contribution >= 4 is 7.12 Å². The van der Waals surface area contributed by atoms with Crippen molar-refractivity contribution in [1.82, 2.24) is 4.90 Å². The van der Waals surface area contributed by atoms with Crippen LogP contribution in [-0.4, -0.2) is 52.6 Å². The van der Waals surface area contributed by atoms with Gasteiger partial charge in [0.1, 0.15) is 0 Å². The van der Waals surface area contributed by atoms with Crippen molar-refractivity contribution in [2.24, 2.45) is 5.92 Å². The predicted molar refractivity (Wildman–Crippen MR) is 124 cm³/mol. The zero-order chi connectivity index (χ0) is 21.6. The quantitative estimate of drug-likeness (QED) is 0.432. The lowest BCUT2D eigenvalue weighted by Gasteiger charge is -2.59. The van der Waals surface area contributed by atoms with Crippen LogP contribution in [0.4, 0.5) is 0 Å². The van der Waals surface area contributed by atoms with Crippen LogP contribution in [0.15, 0.2) is 0 Å². The first-order valence-corrected chi connectivity index (χ1v) is 13.0. The molecule has 1 spiro atoms. The first-order chi connectivity index (χ1) is 14.3. The Kier molecular flexibility index (Phi) is 6.68. The lowest BCUT2D eigenvalue weighted by molar-refractivity contribution is -0.0746. The normalized spacial score (nSPS) is 40.4. The molecule has 3 heterocycles. The molecule has 0 amide bonds. The number of nitrogens with zero attached hydrogens (tertiary/aromatic N) is 1. The van der Waals surface area contributed by atoms with E-state index in [2.05, 4.69) is 39.5 Å². The molecule has 3 aliphatic heterocycles. The van der Waals surface area contributed by atoms with Gasteiger partial charge in [-0.1, -0.05) is 45.4 Å². The average molecular weight is 419 g/mol. The largest absolute Gasteiger partial charge is 0.461 e. The third-order valence-corrected chi connectivity index (χ3v) is 9.56. The molecule has 1 aliphatic carbocycles. The van der Waals surface area contributed by atoms with E-state index in [1.54, 1.807) is 0 Å². The van der Waals surface area contributed by atoms with Crippen LogP contribution in [-0.2, 0) is 9.31 Å². The Bertz CT molecular complexity index is 581. The van der Waals surface area contributed by atoms with Crippen LogP contribution in [0.1, 0.15) is 112 Å². The van der Waals surface area contributed by atoms with Crippen molar-refractivity contribution < 1.29 is 14.4 Å². The van der Waals surface area contributed by atoms with Crippen LogP contribution in [0.5, 0.6) is 0 Å². The highest BCUT2D eigenvalue weighted by Crippen LogP contribution is 2.60. The van der Waals surface area contributed by atoms with Crippen molar-refractivity contribution in [2.45, 2.75) is 146 Å². The summed E-state index contributed by atoms with van der Waals surface area (Å²) >= 11 is 0. The van der Waals surface area contributed by atoms with Gasteiger partial charge < -0.3 is 14.4 Å². The molecule has 4 nitrogen and oxygen atoms in total. The van der Waals surface area contributed by atoms with Crippen LogP contribution in [0.3, 0.4) is 0 Å². The van der Waals surface area contributed by atoms with Gasteiger partial charge in [-0.05, 0) is 78.0 Å². The fourth-order valence-electron chi connectivity index (χ4n) is 7.40. The van der Waals surface area contributed by atoms with Crippen LogP contribution >= 0.6 is 0 Å². The minimum atomic E-state index is -0.253. The fourth-order valence-corrected chi connectivity index (χ4v) is 7.40. The van der Waals surface area contributed by atoms with E-state index in [-0.39, 0.29) is 23.9 Å². The molecule has 30 heavy (non-hydrogen) atoms. The Morgan fingerprint density at radius 3 is 2.33 bits per heavy atom. The average Bonchev–Trinajstić information content (AvgIpc) is 3.17. The maximum Gasteiger partial charge on any atom is 0.461 e. The Labute approximate surface area is 185 Å². The first-order valence-electron chi connectivity index (χ1n) is 13.0. The van der Waals surface area contributed by atoms with Crippen LogP contribution in [0.2, 0.25) is 5.82 Å². The number of unbranched alkanes of at least 4 members (excludes halogenated alkanes) is 3. The SMILES string of the molecule is CCCCCC[C@H]1C[C@@H](B2OC(C)(C)C(C)(C)O2)[C@@H]2CCCC[C@@]23CC[C@H](CO)N13. The van der Waals surface area contributed by atoms with Gasteiger partial charge >= 0.3 is 7.12 Å². The van der Waals surface area contributed by atoms with Gasteiger partial charge in [0.05, 0.1) is 17.8 Å². The minimum Gasteiger partial charge on any atom is -0.403 e. The smallest absolute Gasteiger partial charge is 0.403 e. The van der Waals surface area contributed by atoms with Gasteiger partial charge in [-0.25, -0.2) is 0 Å². The summed E-state index contributed by atoms with van der Waals surface area (Å²) in [7, 11) is -0.0801. The Hall–Kier alpha value is -0.0951. The van der Waals surface area contributed by atoms with Gasteiger partial charge in [0.15, 0.2) is 0 Å². The van der Waals surface area contributed by atoms with E-state index >= 15 is 0 Å². The predicted octanol–water partition coefficient (Wildman–Crippen LogP) is 5.58. The van der Waals surface area contributed by atoms with Gasteiger partial charge in [-0.2, -0.15) is 0 Å². The van der Waals surface area contributed by atoms with Gasteiger partial charge in [-0.15, -0.1) is 0 Å². The molecule has 0 aromatic heterocycles. The molecule has 0 radical (unpaired) electrons. The summed E-state index contributed by atoms with van der Waals surface area (Å²) in [4.78, 5) is 2.85. The van der Waals surface area contributed by atoms with E-state index in [0.29, 0.717) is 30.4 Å². The molecule has 0 unspecified atom stereocenters. The first kappa shape index (κ1) is 23.1. The van der Waals surface area contributed by atoms with E-state index in [0.717, 1.165) is 6.42 Å². The summed E-state index contributed by atoms with van der Waals surface area (Å²) in [5, 5.41) is 10.2. The van der Waals surface area contributed by atoms with Gasteiger partial charge in [0.25, 0.3) is 0 Å². The van der Waals surface area contributed by atoms with Crippen molar-refractivity contribution in [1.29, 1.82) is 0 Å². The van der Waals surface area contributed by atoms with E-state index in [9.17, 15) is 5.11 Å². The van der Waals surface area contributed by atoms with E-state index in [4.69, 9.17) is 9.31 Å².